The average molecular weight is 490 g/mol. The average Bonchev–Trinajstić information content (AvgIpc) is 3.25. The first kappa shape index (κ1) is 21.6. The fraction of sp³-hybridized carbons (Fsp3) is 0.304. The van der Waals surface area contributed by atoms with E-state index in [1.165, 1.54) is 16.4 Å². The first-order valence-electron chi connectivity index (χ1n) is 10.5. The quantitative estimate of drug-likeness (QED) is 0.553. The van der Waals surface area contributed by atoms with E-state index >= 15 is 0 Å². The number of carbonyl (C=O) groups excluding carboxylic acids is 1. The maximum atomic E-state index is 13.6. The van der Waals surface area contributed by atoms with Crippen molar-refractivity contribution in [2.45, 2.75) is 24.2 Å². The van der Waals surface area contributed by atoms with Crippen molar-refractivity contribution in [2.24, 2.45) is 0 Å². The maximum Gasteiger partial charge on any atom is 0.254 e. The molecule has 0 bridgehead atoms. The van der Waals surface area contributed by atoms with Gasteiger partial charge in [0.1, 0.15) is 4.90 Å². The summed E-state index contributed by atoms with van der Waals surface area (Å²) in [5, 5.41) is 1.04. The van der Waals surface area contributed by atoms with Crippen LogP contribution in [0.1, 0.15) is 28.0 Å². The van der Waals surface area contributed by atoms with Gasteiger partial charge in [-0.2, -0.15) is 4.31 Å². The van der Waals surface area contributed by atoms with Gasteiger partial charge in [0, 0.05) is 37.3 Å². The predicted octanol–water partition coefficient (Wildman–Crippen LogP) is 4.18. The van der Waals surface area contributed by atoms with E-state index in [0.29, 0.717) is 18.7 Å². The number of rotatable bonds is 3. The number of hydrogen-bond donors (Lipinski definition) is 0. The molecule has 32 heavy (non-hydrogen) atoms. The van der Waals surface area contributed by atoms with Crippen LogP contribution in [0, 0.1) is 0 Å². The molecule has 5 rings (SSSR count). The highest BCUT2D eigenvalue weighted by atomic mass is 35.5. The Morgan fingerprint density at radius 3 is 2.31 bits per heavy atom. The van der Waals surface area contributed by atoms with E-state index in [0.717, 1.165) is 41.4 Å². The lowest BCUT2D eigenvalue weighted by atomic mass is 10.00. The molecule has 1 saturated heterocycles. The molecule has 9 heteroatoms. The second kappa shape index (κ2) is 8.30. The van der Waals surface area contributed by atoms with E-state index in [9.17, 15) is 13.2 Å². The van der Waals surface area contributed by atoms with Gasteiger partial charge in [0.2, 0.25) is 10.0 Å². The lowest BCUT2D eigenvalue weighted by molar-refractivity contribution is 0.0699. The molecule has 1 fully saturated rings. The highest BCUT2D eigenvalue weighted by molar-refractivity contribution is 7.89. The predicted molar refractivity (Wildman–Crippen MR) is 125 cm³/mol. The van der Waals surface area contributed by atoms with E-state index in [1.54, 1.807) is 11.0 Å². The summed E-state index contributed by atoms with van der Waals surface area (Å²) in [5.74, 6) is -0.0606. The summed E-state index contributed by atoms with van der Waals surface area (Å²) in [7, 11) is -3.86. The summed E-state index contributed by atoms with van der Waals surface area (Å²) in [4.78, 5) is 20.0. The minimum absolute atomic E-state index is 0.0606. The number of fused-ring (bicyclic) bond motifs is 2. The zero-order valence-corrected chi connectivity index (χ0v) is 19.6. The largest absolute Gasteiger partial charge is 0.336 e. The van der Waals surface area contributed by atoms with Gasteiger partial charge in [-0.3, -0.25) is 9.78 Å². The molecule has 0 N–H and O–H groups in total. The molecule has 0 saturated carbocycles. The number of hydrogen-bond acceptors (Lipinski definition) is 4. The second-order valence-corrected chi connectivity index (χ2v) is 10.7. The number of pyridine rings is 1. The summed E-state index contributed by atoms with van der Waals surface area (Å²) in [6, 6.07) is 12.3. The molecule has 1 aliphatic heterocycles. The smallest absolute Gasteiger partial charge is 0.254 e. The topological polar surface area (TPSA) is 70.6 Å². The molecule has 2 aromatic carbocycles. The number of benzene rings is 2. The van der Waals surface area contributed by atoms with Crippen LogP contribution in [0.25, 0.3) is 10.9 Å². The fourth-order valence-corrected chi connectivity index (χ4v) is 7.12. The van der Waals surface area contributed by atoms with Gasteiger partial charge < -0.3 is 4.90 Å². The van der Waals surface area contributed by atoms with Crippen molar-refractivity contribution in [3.8, 4) is 0 Å². The molecule has 6 nitrogen and oxygen atoms in total. The zero-order valence-electron chi connectivity index (χ0n) is 17.2. The number of nitrogens with zero attached hydrogens (tertiary/aromatic N) is 3. The van der Waals surface area contributed by atoms with E-state index < -0.39 is 10.0 Å². The van der Waals surface area contributed by atoms with Crippen molar-refractivity contribution >= 4 is 50.0 Å². The number of piperazine rings is 1. The molecule has 1 amide bonds. The lowest BCUT2D eigenvalue weighted by Crippen LogP contribution is -2.50. The number of para-hydroxylation sites is 1. The van der Waals surface area contributed by atoms with Gasteiger partial charge in [0.05, 0.1) is 21.1 Å². The molecule has 1 aliphatic carbocycles. The standard InChI is InChI=1S/C23H21Cl2N3O3S/c24-17-7-4-8-18(25)22(17)32(30,31)28-13-11-27(12-14-28)23(29)21-15-5-1-2-9-19(15)26-20-10-3-6-16(20)21/h1-2,4-5,7-9H,3,6,10-14H2. The Labute approximate surface area is 196 Å². The number of aromatic nitrogens is 1. The molecule has 166 valence electrons. The van der Waals surface area contributed by atoms with E-state index in [-0.39, 0.29) is 33.9 Å². The van der Waals surface area contributed by atoms with Crippen LogP contribution in [0.3, 0.4) is 0 Å². The first-order chi connectivity index (χ1) is 15.4. The number of halogens is 2. The first-order valence-corrected chi connectivity index (χ1v) is 12.7. The minimum Gasteiger partial charge on any atom is -0.336 e. The van der Waals surface area contributed by atoms with Crippen LogP contribution in [-0.4, -0.2) is 54.7 Å². The number of carbonyl (C=O) groups is 1. The summed E-state index contributed by atoms with van der Waals surface area (Å²) >= 11 is 12.3. The maximum absolute atomic E-state index is 13.6. The van der Waals surface area contributed by atoms with Crippen molar-refractivity contribution in [1.82, 2.24) is 14.2 Å². The van der Waals surface area contributed by atoms with Crippen molar-refractivity contribution in [3.63, 3.8) is 0 Å². The van der Waals surface area contributed by atoms with Crippen LogP contribution < -0.4 is 0 Å². The fourth-order valence-electron chi connectivity index (χ4n) is 4.60. The van der Waals surface area contributed by atoms with Crippen LogP contribution in [0.15, 0.2) is 47.4 Å². The van der Waals surface area contributed by atoms with Gasteiger partial charge in [-0.15, -0.1) is 0 Å². The monoisotopic (exact) mass is 489 g/mol. The molecule has 2 aliphatic rings. The Kier molecular flexibility index (Phi) is 5.61. The van der Waals surface area contributed by atoms with Crippen LogP contribution in [-0.2, 0) is 22.9 Å². The van der Waals surface area contributed by atoms with Crippen molar-refractivity contribution in [2.75, 3.05) is 26.2 Å². The highest BCUT2D eigenvalue weighted by Crippen LogP contribution is 2.33. The lowest BCUT2D eigenvalue weighted by Gasteiger charge is -2.34. The van der Waals surface area contributed by atoms with Crippen LogP contribution in [0.4, 0.5) is 0 Å². The Morgan fingerprint density at radius 2 is 1.59 bits per heavy atom. The Bertz CT molecular complexity index is 1320. The molecule has 0 spiro atoms. The summed E-state index contributed by atoms with van der Waals surface area (Å²) < 4.78 is 27.6. The Hall–Kier alpha value is -2.19. The van der Waals surface area contributed by atoms with E-state index in [2.05, 4.69) is 0 Å². The normalized spacial score (nSPS) is 17.0. The molecule has 3 aromatic rings. The highest BCUT2D eigenvalue weighted by Gasteiger charge is 2.34. The van der Waals surface area contributed by atoms with Gasteiger partial charge >= 0.3 is 0 Å². The van der Waals surface area contributed by atoms with Crippen molar-refractivity contribution in [1.29, 1.82) is 0 Å². The van der Waals surface area contributed by atoms with Crippen molar-refractivity contribution < 1.29 is 13.2 Å². The molecule has 0 atom stereocenters. The van der Waals surface area contributed by atoms with Gasteiger partial charge in [-0.25, -0.2) is 8.42 Å². The molecule has 2 heterocycles. The minimum atomic E-state index is -3.86. The molecule has 0 radical (unpaired) electrons. The molecular weight excluding hydrogens is 469 g/mol. The molecule has 0 unspecified atom stereocenters. The number of aryl methyl sites for hydroxylation is 1. The van der Waals surface area contributed by atoms with Crippen LogP contribution >= 0.6 is 23.2 Å². The molecular formula is C23H21Cl2N3O3S. The summed E-state index contributed by atoms with van der Waals surface area (Å²) in [5.41, 5.74) is 3.58. The van der Waals surface area contributed by atoms with E-state index in [1.807, 2.05) is 24.3 Å². The SMILES string of the molecule is O=C(c1c2c(nc3ccccc13)CCC2)N1CCN(S(=O)(=O)c2c(Cl)cccc2Cl)CC1. The third kappa shape index (κ3) is 3.57. The van der Waals surface area contributed by atoms with Gasteiger partial charge in [0.25, 0.3) is 5.91 Å². The van der Waals surface area contributed by atoms with Crippen LogP contribution in [0.2, 0.25) is 10.0 Å². The van der Waals surface area contributed by atoms with Gasteiger partial charge in [0.15, 0.2) is 0 Å². The zero-order chi connectivity index (χ0) is 22.5. The Balaban J connectivity index is 1.42. The van der Waals surface area contributed by atoms with Crippen molar-refractivity contribution in [3.05, 3.63) is 69.3 Å². The summed E-state index contributed by atoms with van der Waals surface area (Å²) in [6.45, 7) is 0.957. The third-order valence-electron chi connectivity index (χ3n) is 6.18. The molecule has 1 aromatic heterocycles. The van der Waals surface area contributed by atoms with E-state index in [4.69, 9.17) is 28.2 Å². The number of sulfonamides is 1. The third-order valence-corrected chi connectivity index (χ3v) is 9.03. The van der Waals surface area contributed by atoms with Gasteiger partial charge in [-0.1, -0.05) is 47.5 Å². The van der Waals surface area contributed by atoms with Crippen LogP contribution in [0.5, 0.6) is 0 Å². The van der Waals surface area contributed by atoms with Gasteiger partial charge in [-0.05, 0) is 43.0 Å². The second-order valence-electron chi connectivity index (χ2n) is 8.03. The summed E-state index contributed by atoms with van der Waals surface area (Å²) in [6.07, 6.45) is 2.71. The number of amides is 1. The Morgan fingerprint density at radius 1 is 0.906 bits per heavy atom.